The number of nitrogens with zero attached hydrogens (tertiary/aromatic N) is 2. The molecule has 0 saturated heterocycles. The number of hydrazone groups is 1. The lowest BCUT2D eigenvalue weighted by Gasteiger charge is -2.09. The summed E-state index contributed by atoms with van der Waals surface area (Å²) in [6.45, 7) is 2.43. The second-order valence-electron chi connectivity index (χ2n) is 5.83. The maximum atomic E-state index is 12.3. The maximum absolute atomic E-state index is 12.3. The third kappa shape index (κ3) is 5.07. The quantitative estimate of drug-likeness (QED) is 0.423. The Hall–Kier alpha value is -3.03. The highest BCUT2D eigenvalue weighted by Gasteiger charge is 2.13. The molecule has 0 radical (unpaired) electrons. The Balaban J connectivity index is 1.70. The van der Waals surface area contributed by atoms with E-state index in [1.54, 1.807) is 43.5 Å². The molecule has 150 valence electrons. The van der Waals surface area contributed by atoms with Crippen molar-refractivity contribution in [1.29, 1.82) is 0 Å². The Bertz CT molecular complexity index is 1050. The monoisotopic (exact) mass is 432 g/mol. The molecule has 1 amide bonds. The molecule has 9 heteroatoms. The van der Waals surface area contributed by atoms with Crippen LogP contribution in [0.15, 0.2) is 47.6 Å². The molecule has 0 aliphatic heterocycles. The fourth-order valence-corrected chi connectivity index (χ4v) is 2.97. The summed E-state index contributed by atoms with van der Waals surface area (Å²) in [4.78, 5) is 12.3. The van der Waals surface area contributed by atoms with Crippen LogP contribution in [0.3, 0.4) is 0 Å². The number of amides is 1. The van der Waals surface area contributed by atoms with Crippen molar-refractivity contribution in [3.05, 3.63) is 63.8 Å². The first-order valence-corrected chi connectivity index (χ1v) is 9.42. The molecule has 0 saturated carbocycles. The van der Waals surface area contributed by atoms with Gasteiger partial charge in [-0.3, -0.25) is 9.89 Å². The molecule has 7 nitrogen and oxygen atoms in total. The van der Waals surface area contributed by atoms with Crippen molar-refractivity contribution >= 4 is 35.3 Å². The number of benzene rings is 2. The fourth-order valence-electron chi connectivity index (χ4n) is 2.51. The molecule has 3 aromatic rings. The number of carbonyl (C=O) groups is 1. The smallest absolute Gasteiger partial charge is 0.289 e. The van der Waals surface area contributed by atoms with E-state index >= 15 is 0 Å². The highest BCUT2D eigenvalue weighted by Crippen LogP contribution is 2.32. The number of nitrogens with one attached hydrogen (secondary N) is 2. The van der Waals surface area contributed by atoms with E-state index in [4.69, 9.17) is 32.7 Å². The third-order valence-electron chi connectivity index (χ3n) is 3.91. The molecule has 0 aliphatic rings. The van der Waals surface area contributed by atoms with Crippen molar-refractivity contribution in [3.8, 4) is 22.8 Å². The van der Waals surface area contributed by atoms with E-state index in [0.717, 1.165) is 5.56 Å². The van der Waals surface area contributed by atoms with E-state index in [2.05, 4.69) is 20.7 Å². The Morgan fingerprint density at radius 3 is 2.76 bits per heavy atom. The van der Waals surface area contributed by atoms with Crippen molar-refractivity contribution in [2.75, 3.05) is 13.7 Å². The lowest BCUT2D eigenvalue weighted by atomic mass is 10.1. The van der Waals surface area contributed by atoms with Gasteiger partial charge in [-0.15, -0.1) is 0 Å². The number of hydrogen-bond acceptors (Lipinski definition) is 5. The predicted octanol–water partition coefficient (Wildman–Crippen LogP) is 4.55. The van der Waals surface area contributed by atoms with Crippen LogP contribution in [0.4, 0.5) is 0 Å². The fraction of sp³-hybridized carbons (Fsp3) is 0.150. The van der Waals surface area contributed by atoms with Gasteiger partial charge in [-0.25, -0.2) is 5.43 Å². The van der Waals surface area contributed by atoms with Crippen molar-refractivity contribution in [2.45, 2.75) is 6.92 Å². The summed E-state index contributed by atoms with van der Waals surface area (Å²) in [5, 5.41) is 11.7. The van der Waals surface area contributed by atoms with Crippen LogP contribution in [0.5, 0.6) is 11.5 Å². The summed E-state index contributed by atoms with van der Waals surface area (Å²) in [6, 6.07) is 12.0. The number of hydrogen-bond donors (Lipinski definition) is 2. The molecule has 0 spiro atoms. The molecule has 0 unspecified atom stereocenters. The number of aromatic amines is 1. The third-order valence-corrected chi connectivity index (χ3v) is 4.48. The predicted molar refractivity (Wildman–Crippen MR) is 113 cm³/mol. The number of halogens is 2. The molecule has 1 heterocycles. The van der Waals surface area contributed by atoms with Gasteiger partial charge in [0.2, 0.25) is 0 Å². The summed E-state index contributed by atoms with van der Waals surface area (Å²) in [5.41, 5.74) is 4.67. The van der Waals surface area contributed by atoms with Gasteiger partial charge in [-0.2, -0.15) is 10.2 Å². The van der Waals surface area contributed by atoms with Gasteiger partial charge in [0.1, 0.15) is 5.69 Å². The van der Waals surface area contributed by atoms with Crippen molar-refractivity contribution in [2.24, 2.45) is 5.10 Å². The van der Waals surface area contributed by atoms with Gasteiger partial charge in [0, 0.05) is 16.1 Å². The summed E-state index contributed by atoms with van der Waals surface area (Å²) < 4.78 is 10.9. The van der Waals surface area contributed by atoms with Gasteiger partial charge in [0.25, 0.3) is 5.91 Å². The largest absolute Gasteiger partial charge is 0.493 e. The lowest BCUT2D eigenvalue weighted by molar-refractivity contribution is 0.0950. The molecule has 1 aromatic heterocycles. The minimum absolute atomic E-state index is 0.257. The van der Waals surface area contributed by atoms with E-state index in [1.165, 1.54) is 6.21 Å². The van der Waals surface area contributed by atoms with Gasteiger partial charge >= 0.3 is 0 Å². The van der Waals surface area contributed by atoms with Crippen LogP contribution in [0.1, 0.15) is 23.0 Å². The number of carbonyl (C=O) groups excluding carboxylic acids is 1. The minimum Gasteiger partial charge on any atom is -0.493 e. The first-order valence-electron chi connectivity index (χ1n) is 8.67. The second kappa shape index (κ2) is 9.45. The number of ether oxygens (including phenoxy) is 2. The zero-order chi connectivity index (χ0) is 20.8. The zero-order valence-corrected chi connectivity index (χ0v) is 17.2. The Labute approximate surface area is 177 Å². The van der Waals surface area contributed by atoms with Crippen LogP contribution < -0.4 is 14.9 Å². The summed E-state index contributed by atoms with van der Waals surface area (Å²) >= 11 is 11.9. The lowest BCUT2D eigenvalue weighted by Crippen LogP contribution is -2.18. The molecule has 2 N–H and O–H groups in total. The van der Waals surface area contributed by atoms with Crippen LogP contribution in [0.2, 0.25) is 10.0 Å². The molecule has 0 fully saturated rings. The molecule has 0 aliphatic carbocycles. The number of aromatic nitrogens is 2. The Morgan fingerprint density at radius 2 is 2.03 bits per heavy atom. The zero-order valence-electron chi connectivity index (χ0n) is 15.7. The molecular weight excluding hydrogens is 415 g/mol. The molecule has 2 aromatic carbocycles. The minimum atomic E-state index is -0.442. The molecule has 0 atom stereocenters. The maximum Gasteiger partial charge on any atom is 0.289 e. The first kappa shape index (κ1) is 20.7. The Morgan fingerprint density at radius 1 is 1.21 bits per heavy atom. The number of rotatable bonds is 7. The van der Waals surface area contributed by atoms with Crippen molar-refractivity contribution in [1.82, 2.24) is 15.6 Å². The average Bonchev–Trinajstić information content (AvgIpc) is 3.20. The average molecular weight is 433 g/mol. The van der Waals surface area contributed by atoms with Gasteiger partial charge < -0.3 is 9.47 Å². The Kier molecular flexibility index (Phi) is 6.74. The van der Waals surface area contributed by atoms with Crippen LogP contribution in [0, 0.1) is 0 Å². The molecule has 3 rings (SSSR count). The van der Waals surface area contributed by atoms with Crippen molar-refractivity contribution < 1.29 is 14.3 Å². The van der Waals surface area contributed by atoms with Crippen molar-refractivity contribution in [3.63, 3.8) is 0 Å². The van der Waals surface area contributed by atoms with Crippen LogP contribution in [-0.4, -0.2) is 36.0 Å². The van der Waals surface area contributed by atoms with Gasteiger partial charge in [-0.05, 0) is 43.3 Å². The standard InChI is InChI=1S/C20H18Cl2N4O3/c1-3-29-18-7-5-12(8-19(18)28-2)16-10-17(25-24-16)20(27)26-23-11-13-4-6-14(21)9-15(13)22/h4-11H,3H2,1-2H3,(H,24,25)(H,26,27)/b23-11+. The molecule has 29 heavy (non-hydrogen) atoms. The summed E-state index contributed by atoms with van der Waals surface area (Å²) in [5.74, 6) is 0.785. The normalized spacial score (nSPS) is 10.9. The van der Waals surface area contributed by atoms with Crippen LogP contribution in [-0.2, 0) is 0 Å². The van der Waals surface area contributed by atoms with E-state index in [1.807, 2.05) is 13.0 Å². The molecule has 0 bridgehead atoms. The number of methoxy groups -OCH3 is 1. The molecular formula is C20H18Cl2N4O3. The van der Waals surface area contributed by atoms with E-state index in [0.29, 0.717) is 39.4 Å². The van der Waals surface area contributed by atoms with Gasteiger partial charge in [0.15, 0.2) is 11.5 Å². The SMILES string of the molecule is CCOc1ccc(-c2cc(C(=O)N/N=C/c3ccc(Cl)cc3Cl)[nH]n2)cc1OC. The van der Waals surface area contributed by atoms with Gasteiger partial charge in [-0.1, -0.05) is 29.3 Å². The van der Waals surface area contributed by atoms with Gasteiger partial charge in [0.05, 0.1) is 30.6 Å². The van der Waals surface area contributed by atoms with E-state index in [9.17, 15) is 4.79 Å². The highest BCUT2D eigenvalue weighted by atomic mass is 35.5. The summed E-state index contributed by atoms with van der Waals surface area (Å²) in [7, 11) is 1.57. The van der Waals surface area contributed by atoms with Crippen LogP contribution >= 0.6 is 23.2 Å². The summed E-state index contributed by atoms with van der Waals surface area (Å²) in [6.07, 6.45) is 1.44. The second-order valence-corrected chi connectivity index (χ2v) is 6.67. The van der Waals surface area contributed by atoms with E-state index < -0.39 is 5.91 Å². The first-order chi connectivity index (χ1) is 14.0. The topological polar surface area (TPSA) is 88.6 Å². The number of H-pyrrole nitrogens is 1. The van der Waals surface area contributed by atoms with E-state index in [-0.39, 0.29) is 5.69 Å². The highest BCUT2D eigenvalue weighted by molar-refractivity contribution is 6.36. The van der Waals surface area contributed by atoms with Crippen LogP contribution in [0.25, 0.3) is 11.3 Å².